The van der Waals surface area contributed by atoms with E-state index in [2.05, 4.69) is 23.6 Å². The summed E-state index contributed by atoms with van der Waals surface area (Å²) < 4.78 is 0. The number of thiophene rings is 1. The van der Waals surface area contributed by atoms with E-state index in [0.29, 0.717) is 0 Å². The van der Waals surface area contributed by atoms with Crippen molar-refractivity contribution in [3.63, 3.8) is 0 Å². The first kappa shape index (κ1) is 9.87. The van der Waals surface area contributed by atoms with Gasteiger partial charge in [-0.15, -0.1) is 11.3 Å². The third-order valence-electron chi connectivity index (χ3n) is 2.08. The van der Waals surface area contributed by atoms with Crippen molar-refractivity contribution in [2.75, 3.05) is 0 Å². The maximum atomic E-state index is 10.1. The molecule has 0 fully saturated rings. The van der Waals surface area contributed by atoms with Gasteiger partial charge in [0, 0.05) is 4.88 Å². The van der Waals surface area contributed by atoms with Crippen molar-refractivity contribution in [2.24, 2.45) is 0 Å². The topological polar surface area (TPSA) is 17.1 Å². The fourth-order valence-electron chi connectivity index (χ4n) is 1.35. The molecule has 0 bridgehead atoms. The van der Waals surface area contributed by atoms with Gasteiger partial charge in [0.05, 0.1) is 0 Å². The Morgan fingerprint density at radius 2 is 1.87 bits per heavy atom. The molecule has 0 saturated carbocycles. The molecule has 2 heteroatoms. The highest BCUT2D eigenvalue weighted by Crippen LogP contribution is 2.24. The summed E-state index contributed by atoms with van der Waals surface area (Å²) >= 11 is 1.73. The summed E-state index contributed by atoms with van der Waals surface area (Å²) in [6.07, 6.45) is 4.08. The Morgan fingerprint density at radius 1 is 1.07 bits per heavy atom. The summed E-state index contributed by atoms with van der Waals surface area (Å²) in [7, 11) is 0. The van der Waals surface area contributed by atoms with Crippen LogP contribution in [-0.2, 0) is 4.79 Å². The molecular weight excluding hydrogens is 204 g/mol. The van der Waals surface area contributed by atoms with Crippen LogP contribution in [0, 0.1) is 0 Å². The number of hydrogen-bond acceptors (Lipinski definition) is 2. The van der Waals surface area contributed by atoms with Gasteiger partial charge in [0.2, 0.25) is 0 Å². The molecule has 0 unspecified atom stereocenters. The molecule has 1 nitrogen and oxygen atoms in total. The normalized spacial score (nSPS) is 10.7. The molecule has 1 heterocycles. The summed E-state index contributed by atoms with van der Waals surface area (Å²) in [6.45, 7) is 0. The van der Waals surface area contributed by atoms with Crippen LogP contribution in [0.1, 0.15) is 5.56 Å². The standard InChI is InChI=1S/C13H10OS/c14-9-1-3-11-5-7-12(8-6-11)13-4-2-10-15-13/h1-10H. The first-order valence-electron chi connectivity index (χ1n) is 4.66. The van der Waals surface area contributed by atoms with Crippen LogP contribution in [0.25, 0.3) is 16.5 Å². The molecule has 1 aromatic carbocycles. The second kappa shape index (κ2) is 4.71. The zero-order chi connectivity index (χ0) is 10.5. The minimum atomic E-state index is 0.785. The van der Waals surface area contributed by atoms with Crippen molar-refractivity contribution in [2.45, 2.75) is 0 Å². The summed E-state index contributed by atoms with van der Waals surface area (Å²) in [5.74, 6) is 0. The molecule has 0 N–H and O–H groups in total. The molecular formula is C13H10OS. The van der Waals surface area contributed by atoms with Crippen LogP contribution in [-0.4, -0.2) is 6.29 Å². The van der Waals surface area contributed by atoms with Crippen molar-refractivity contribution in [3.8, 4) is 10.4 Å². The fourth-order valence-corrected chi connectivity index (χ4v) is 2.08. The van der Waals surface area contributed by atoms with Crippen LogP contribution < -0.4 is 0 Å². The number of benzene rings is 1. The van der Waals surface area contributed by atoms with Crippen LogP contribution in [0.2, 0.25) is 0 Å². The molecule has 1 aromatic heterocycles. The molecule has 0 spiro atoms. The summed E-state index contributed by atoms with van der Waals surface area (Å²) in [6, 6.07) is 12.3. The highest BCUT2D eigenvalue weighted by Gasteiger charge is 1.96. The number of hydrogen-bond donors (Lipinski definition) is 0. The lowest BCUT2D eigenvalue weighted by Gasteiger charge is -1.97. The third-order valence-corrected chi connectivity index (χ3v) is 3.00. The van der Waals surface area contributed by atoms with E-state index in [1.54, 1.807) is 17.4 Å². The van der Waals surface area contributed by atoms with Gasteiger partial charge in [-0.3, -0.25) is 4.79 Å². The summed E-state index contributed by atoms with van der Waals surface area (Å²) in [5, 5.41) is 2.07. The van der Waals surface area contributed by atoms with Crippen molar-refractivity contribution < 1.29 is 4.79 Å². The molecule has 0 aliphatic heterocycles. The smallest absolute Gasteiger partial charge is 0.142 e. The Labute approximate surface area is 92.7 Å². The van der Waals surface area contributed by atoms with Crippen molar-refractivity contribution in [1.82, 2.24) is 0 Å². The lowest BCUT2D eigenvalue weighted by molar-refractivity contribution is -0.104. The van der Waals surface area contributed by atoms with Crippen LogP contribution in [0.15, 0.2) is 47.9 Å². The fraction of sp³-hybridized carbons (Fsp3) is 0. The number of carbonyl (C=O) groups excluding carboxylic acids is 1. The highest BCUT2D eigenvalue weighted by molar-refractivity contribution is 7.13. The van der Waals surface area contributed by atoms with Crippen LogP contribution >= 0.6 is 11.3 Å². The maximum absolute atomic E-state index is 10.1. The number of carbonyl (C=O) groups is 1. The van der Waals surface area contributed by atoms with Crippen LogP contribution in [0.5, 0.6) is 0 Å². The Balaban J connectivity index is 2.24. The van der Waals surface area contributed by atoms with E-state index in [0.717, 1.165) is 11.8 Å². The minimum Gasteiger partial charge on any atom is -0.299 e. The van der Waals surface area contributed by atoms with Gasteiger partial charge in [-0.2, -0.15) is 0 Å². The predicted molar refractivity (Wildman–Crippen MR) is 64.9 cm³/mol. The molecule has 0 amide bonds. The second-order valence-corrected chi connectivity index (χ2v) is 4.04. The first-order valence-corrected chi connectivity index (χ1v) is 5.54. The zero-order valence-electron chi connectivity index (χ0n) is 8.09. The molecule has 0 aliphatic rings. The summed E-state index contributed by atoms with van der Waals surface area (Å²) in [4.78, 5) is 11.4. The Kier molecular flexibility index (Phi) is 3.10. The minimum absolute atomic E-state index is 0.785. The molecule has 2 aromatic rings. The third kappa shape index (κ3) is 2.42. The van der Waals surface area contributed by atoms with E-state index in [1.165, 1.54) is 16.5 Å². The molecule has 0 atom stereocenters. The van der Waals surface area contributed by atoms with Crippen molar-refractivity contribution >= 4 is 23.7 Å². The van der Waals surface area contributed by atoms with E-state index in [1.807, 2.05) is 18.2 Å². The Morgan fingerprint density at radius 3 is 2.47 bits per heavy atom. The largest absolute Gasteiger partial charge is 0.299 e. The first-order chi connectivity index (χ1) is 7.40. The number of aldehydes is 1. The Bertz CT molecular complexity index is 452. The molecule has 0 saturated heterocycles. The number of rotatable bonds is 3. The monoisotopic (exact) mass is 214 g/mol. The molecule has 0 aliphatic carbocycles. The van der Waals surface area contributed by atoms with E-state index in [9.17, 15) is 4.79 Å². The van der Waals surface area contributed by atoms with Crippen LogP contribution in [0.4, 0.5) is 0 Å². The van der Waals surface area contributed by atoms with Crippen LogP contribution in [0.3, 0.4) is 0 Å². The zero-order valence-corrected chi connectivity index (χ0v) is 8.91. The van der Waals surface area contributed by atoms with E-state index in [-0.39, 0.29) is 0 Å². The van der Waals surface area contributed by atoms with Gasteiger partial charge in [-0.1, -0.05) is 36.4 Å². The Hall–Kier alpha value is -1.67. The maximum Gasteiger partial charge on any atom is 0.142 e. The summed E-state index contributed by atoms with van der Waals surface area (Å²) in [5.41, 5.74) is 2.26. The van der Waals surface area contributed by atoms with Gasteiger partial charge in [-0.25, -0.2) is 0 Å². The van der Waals surface area contributed by atoms with Gasteiger partial charge in [-0.05, 0) is 28.6 Å². The van der Waals surface area contributed by atoms with E-state index < -0.39 is 0 Å². The van der Waals surface area contributed by atoms with Gasteiger partial charge in [0.15, 0.2) is 0 Å². The molecule has 2 rings (SSSR count). The lowest BCUT2D eigenvalue weighted by Crippen LogP contribution is -1.74. The van der Waals surface area contributed by atoms with Gasteiger partial charge in [0.25, 0.3) is 0 Å². The van der Waals surface area contributed by atoms with E-state index >= 15 is 0 Å². The quantitative estimate of drug-likeness (QED) is 0.563. The van der Waals surface area contributed by atoms with Gasteiger partial charge in [0.1, 0.15) is 6.29 Å². The second-order valence-electron chi connectivity index (χ2n) is 3.09. The average molecular weight is 214 g/mol. The predicted octanol–water partition coefficient (Wildman–Crippen LogP) is 3.63. The SMILES string of the molecule is O=CC=Cc1ccc(-c2cccs2)cc1. The van der Waals surface area contributed by atoms with Gasteiger partial charge >= 0.3 is 0 Å². The molecule has 15 heavy (non-hydrogen) atoms. The molecule has 0 radical (unpaired) electrons. The van der Waals surface area contributed by atoms with Gasteiger partial charge < -0.3 is 0 Å². The number of allylic oxidation sites excluding steroid dienone is 1. The van der Waals surface area contributed by atoms with Crippen molar-refractivity contribution in [1.29, 1.82) is 0 Å². The molecule has 74 valence electrons. The van der Waals surface area contributed by atoms with E-state index in [4.69, 9.17) is 0 Å². The van der Waals surface area contributed by atoms with Crippen molar-refractivity contribution in [3.05, 3.63) is 53.4 Å². The highest BCUT2D eigenvalue weighted by atomic mass is 32.1. The lowest BCUT2D eigenvalue weighted by atomic mass is 10.1. The average Bonchev–Trinajstić information content (AvgIpc) is 2.80.